The number of benzene rings is 2. The van der Waals surface area contributed by atoms with Crippen molar-refractivity contribution in [2.75, 3.05) is 4.90 Å². The molecule has 3 fully saturated rings. The lowest BCUT2D eigenvalue weighted by molar-refractivity contribution is -0.123. The van der Waals surface area contributed by atoms with Crippen LogP contribution in [0.15, 0.2) is 64.4 Å². The van der Waals surface area contributed by atoms with E-state index >= 15 is 0 Å². The molecule has 2 bridgehead atoms. The summed E-state index contributed by atoms with van der Waals surface area (Å²) in [6.07, 6.45) is 0.916. The molecule has 7 rings (SSSR count). The van der Waals surface area contributed by atoms with Crippen molar-refractivity contribution < 1.29 is 9.59 Å². The molecule has 5 nitrogen and oxygen atoms in total. The predicted molar refractivity (Wildman–Crippen MR) is 129 cm³/mol. The van der Waals surface area contributed by atoms with Crippen LogP contribution in [0.5, 0.6) is 0 Å². The third-order valence-electron chi connectivity index (χ3n) is 8.17. The zero-order valence-electron chi connectivity index (χ0n) is 17.9. The molecule has 1 saturated heterocycles. The number of H-pyrrole nitrogens is 1. The number of nitrogens with zero attached hydrogens (tertiary/aromatic N) is 1. The second-order valence-corrected chi connectivity index (χ2v) is 11.9. The molecule has 2 amide bonds. The number of para-hydroxylation sites is 1. The highest BCUT2D eigenvalue weighted by Crippen LogP contribution is 2.68. The van der Waals surface area contributed by atoms with Crippen LogP contribution in [-0.2, 0) is 9.59 Å². The highest BCUT2D eigenvalue weighted by Gasteiger charge is 2.69. The summed E-state index contributed by atoms with van der Waals surface area (Å²) in [6, 6.07) is 17.9. The molecule has 4 aliphatic rings. The molecule has 166 valence electrons. The number of imide groups is 1. The molecule has 7 atom stereocenters. The summed E-state index contributed by atoms with van der Waals surface area (Å²) in [5.41, 5.74) is 3.08. The van der Waals surface area contributed by atoms with E-state index in [1.54, 1.807) is 11.8 Å². The fourth-order valence-corrected chi connectivity index (χ4v) is 9.88. The van der Waals surface area contributed by atoms with Gasteiger partial charge in [0, 0.05) is 16.0 Å². The Balaban J connectivity index is 1.34. The van der Waals surface area contributed by atoms with Crippen molar-refractivity contribution in [1.29, 1.82) is 0 Å². The number of aryl methyl sites for hydroxylation is 1. The molecular weight excluding hydrogens is 452 g/mol. The lowest BCUT2D eigenvalue weighted by atomic mass is 9.68. The predicted octanol–water partition coefficient (Wildman–Crippen LogP) is 4.42. The van der Waals surface area contributed by atoms with Gasteiger partial charge in [0.1, 0.15) is 0 Å². The van der Waals surface area contributed by atoms with Gasteiger partial charge in [-0.15, -0.1) is 11.8 Å². The zero-order chi connectivity index (χ0) is 22.4. The Hall–Kier alpha value is -2.64. The van der Waals surface area contributed by atoms with E-state index in [1.165, 1.54) is 27.4 Å². The molecule has 3 aromatic rings. The van der Waals surface area contributed by atoms with E-state index in [4.69, 9.17) is 0 Å². The average Bonchev–Trinajstić information content (AvgIpc) is 3.54. The van der Waals surface area contributed by atoms with E-state index in [0.717, 1.165) is 16.3 Å². The minimum atomic E-state index is -0.255. The Morgan fingerprint density at radius 3 is 2.33 bits per heavy atom. The van der Waals surface area contributed by atoms with Crippen molar-refractivity contribution >= 4 is 40.6 Å². The number of anilines is 1. The monoisotopic (exact) mass is 474 g/mol. The van der Waals surface area contributed by atoms with Gasteiger partial charge >= 0.3 is 4.87 Å². The first-order valence-electron chi connectivity index (χ1n) is 11.4. The van der Waals surface area contributed by atoms with Gasteiger partial charge in [0.2, 0.25) is 11.8 Å². The van der Waals surface area contributed by atoms with Crippen LogP contribution in [0.1, 0.15) is 28.3 Å². The quantitative estimate of drug-likeness (QED) is 0.558. The van der Waals surface area contributed by atoms with Crippen molar-refractivity contribution in [2.24, 2.45) is 29.6 Å². The van der Waals surface area contributed by atoms with Crippen LogP contribution in [0.25, 0.3) is 0 Å². The minimum absolute atomic E-state index is 0.0282. The highest BCUT2D eigenvalue weighted by molar-refractivity contribution is 8.00. The lowest BCUT2D eigenvalue weighted by Crippen LogP contribution is -2.42. The number of amides is 2. The van der Waals surface area contributed by atoms with Crippen molar-refractivity contribution in [1.82, 2.24) is 4.98 Å². The summed E-state index contributed by atoms with van der Waals surface area (Å²) in [4.78, 5) is 45.1. The van der Waals surface area contributed by atoms with Gasteiger partial charge in [0.15, 0.2) is 0 Å². The van der Waals surface area contributed by atoms with Crippen LogP contribution in [-0.4, -0.2) is 22.0 Å². The van der Waals surface area contributed by atoms with Gasteiger partial charge in [-0.05, 0) is 48.8 Å². The molecule has 2 aliphatic carbocycles. The molecular formula is C26H22N2O3S2. The number of carbonyl (C=O) groups is 2. The molecule has 2 aliphatic heterocycles. The van der Waals surface area contributed by atoms with Crippen LogP contribution < -0.4 is 9.77 Å². The second-order valence-electron chi connectivity index (χ2n) is 9.72. The van der Waals surface area contributed by atoms with Crippen LogP contribution >= 0.6 is 23.1 Å². The average molecular weight is 475 g/mol. The number of thioether (sulfide) groups is 1. The van der Waals surface area contributed by atoms with Crippen molar-refractivity contribution in [3.05, 3.63) is 80.3 Å². The van der Waals surface area contributed by atoms with Gasteiger partial charge < -0.3 is 4.98 Å². The van der Waals surface area contributed by atoms with Gasteiger partial charge in [0.25, 0.3) is 0 Å². The van der Waals surface area contributed by atoms with Crippen molar-refractivity contribution in [3.63, 3.8) is 0 Å². The maximum Gasteiger partial charge on any atom is 0.305 e. The Kier molecular flexibility index (Phi) is 4.16. The number of rotatable bonds is 2. The van der Waals surface area contributed by atoms with E-state index in [9.17, 15) is 14.4 Å². The molecule has 0 unspecified atom stereocenters. The third-order valence-corrected chi connectivity index (χ3v) is 10.8. The van der Waals surface area contributed by atoms with Crippen LogP contribution in [0.2, 0.25) is 0 Å². The first-order chi connectivity index (χ1) is 16.0. The molecule has 0 spiro atoms. The fraction of sp³-hybridized carbons (Fsp3) is 0.346. The minimum Gasteiger partial charge on any atom is -0.307 e. The number of aromatic amines is 1. The van der Waals surface area contributed by atoms with Gasteiger partial charge in [-0.3, -0.25) is 19.3 Å². The molecule has 1 aromatic heterocycles. The Morgan fingerprint density at radius 2 is 1.61 bits per heavy atom. The lowest BCUT2D eigenvalue weighted by Gasteiger charge is -2.43. The molecule has 3 heterocycles. The number of carbonyl (C=O) groups excluding carboxylic acids is 2. The summed E-state index contributed by atoms with van der Waals surface area (Å²) >= 11 is 3.04. The number of thiazole rings is 1. The molecule has 1 N–H and O–H groups in total. The van der Waals surface area contributed by atoms with E-state index in [-0.39, 0.29) is 57.4 Å². The number of nitrogens with one attached hydrogen (secondary N) is 1. The second kappa shape index (κ2) is 6.93. The van der Waals surface area contributed by atoms with Crippen LogP contribution in [0.4, 0.5) is 5.69 Å². The van der Waals surface area contributed by atoms with Gasteiger partial charge in [-0.1, -0.05) is 59.4 Å². The molecule has 0 radical (unpaired) electrons. The highest BCUT2D eigenvalue weighted by atomic mass is 32.2. The van der Waals surface area contributed by atoms with Gasteiger partial charge in [-0.2, -0.15) is 0 Å². The molecule has 2 aromatic carbocycles. The summed E-state index contributed by atoms with van der Waals surface area (Å²) in [5.74, 6) is 0.0543. The smallest absolute Gasteiger partial charge is 0.305 e. The summed E-state index contributed by atoms with van der Waals surface area (Å²) < 4.78 is 0. The van der Waals surface area contributed by atoms with Gasteiger partial charge in [0.05, 0.1) is 22.5 Å². The Labute approximate surface area is 199 Å². The topological polar surface area (TPSA) is 70.2 Å². The molecule has 2 saturated carbocycles. The summed E-state index contributed by atoms with van der Waals surface area (Å²) in [7, 11) is 0. The van der Waals surface area contributed by atoms with E-state index in [1.807, 2.05) is 30.3 Å². The van der Waals surface area contributed by atoms with E-state index < -0.39 is 0 Å². The molecule has 7 heteroatoms. The summed E-state index contributed by atoms with van der Waals surface area (Å²) in [6.45, 7) is 2.08. The van der Waals surface area contributed by atoms with E-state index in [0.29, 0.717) is 5.69 Å². The van der Waals surface area contributed by atoms with Crippen LogP contribution in [0, 0.1) is 36.5 Å². The number of fused-ring (bicyclic) bond motifs is 9. The zero-order valence-corrected chi connectivity index (χ0v) is 19.6. The standard InChI is InChI=1S/C26H22N2O3S2/c1-12-7-9-13(10-8-12)17-18-15-11-16(21(18)32-23-22(17)33-26(31)27-23)20-19(15)24(29)28(25(20)30)14-5-3-2-4-6-14/h2-10,15-21H,11H2,1H3,(H,27,31)/t15-,16+,17-,18+,19-,20+,21-/m1/s1. The fourth-order valence-electron chi connectivity index (χ4n) is 7.00. The number of hydrogen-bond acceptors (Lipinski definition) is 5. The summed E-state index contributed by atoms with van der Waals surface area (Å²) in [5, 5.41) is 1.19. The van der Waals surface area contributed by atoms with Crippen molar-refractivity contribution in [3.8, 4) is 0 Å². The van der Waals surface area contributed by atoms with E-state index in [2.05, 4.69) is 36.2 Å². The SMILES string of the molecule is Cc1ccc([C@H]2c3sc(=O)[nH]c3S[C@@H]3[C@H]4C[C@@H]([C@H]5C(=O)N(c6ccccc6)C(=O)[C@@H]45)[C@@H]23)cc1. The largest absolute Gasteiger partial charge is 0.307 e. The number of hydrogen-bond donors (Lipinski definition) is 1. The third kappa shape index (κ3) is 2.63. The molecule has 33 heavy (non-hydrogen) atoms. The Morgan fingerprint density at radius 1 is 0.909 bits per heavy atom. The number of aromatic nitrogens is 1. The van der Waals surface area contributed by atoms with Crippen molar-refractivity contribution in [2.45, 2.75) is 29.5 Å². The maximum atomic E-state index is 13.6. The first-order valence-corrected chi connectivity index (χ1v) is 13.1. The normalized spacial score (nSPS) is 33.8. The maximum absolute atomic E-state index is 13.6. The van der Waals surface area contributed by atoms with Gasteiger partial charge in [-0.25, -0.2) is 0 Å². The Bertz CT molecular complexity index is 1350. The first kappa shape index (κ1) is 19.8. The van der Waals surface area contributed by atoms with Crippen LogP contribution in [0.3, 0.4) is 0 Å².